The molecule has 1 aliphatic heterocycles. The van der Waals surface area contributed by atoms with Crippen molar-refractivity contribution < 1.29 is 21.6 Å². The number of rotatable bonds is 6. The van der Waals surface area contributed by atoms with Crippen LogP contribution in [-0.4, -0.2) is 65.4 Å². The molecule has 0 unspecified atom stereocenters. The molecule has 0 spiro atoms. The standard InChI is InChI=1S/C22H23F3N6O2S/c1-34(32,33)19-17(22(23,24)25)7-6-16(18(19)20-27-29-30-28-20)14-4-2-13(3-5-14)15-10-31(11-15)12-21(26)8-9-21/h2-7,15H,8-12,26H2,1H3,(H,27,28,29,30). The van der Waals surface area contributed by atoms with Gasteiger partial charge in [0.15, 0.2) is 9.84 Å². The predicted molar refractivity (Wildman–Crippen MR) is 118 cm³/mol. The Morgan fingerprint density at radius 3 is 2.35 bits per heavy atom. The number of nitrogens with zero attached hydrogens (tertiary/aromatic N) is 4. The van der Waals surface area contributed by atoms with E-state index in [4.69, 9.17) is 5.73 Å². The van der Waals surface area contributed by atoms with Gasteiger partial charge in [-0.15, -0.1) is 10.2 Å². The third kappa shape index (κ3) is 4.32. The summed E-state index contributed by atoms with van der Waals surface area (Å²) < 4.78 is 66.2. The Hall–Kier alpha value is -2.83. The minimum Gasteiger partial charge on any atom is -0.324 e. The van der Waals surface area contributed by atoms with Crippen LogP contribution in [0, 0.1) is 0 Å². The van der Waals surface area contributed by atoms with Crippen LogP contribution in [0.15, 0.2) is 41.3 Å². The fourth-order valence-corrected chi connectivity index (χ4v) is 5.69. The van der Waals surface area contributed by atoms with E-state index < -0.39 is 26.5 Å². The molecule has 0 amide bonds. The van der Waals surface area contributed by atoms with Crippen molar-refractivity contribution in [2.24, 2.45) is 5.73 Å². The van der Waals surface area contributed by atoms with Gasteiger partial charge in [-0.1, -0.05) is 30.3 Å². The number of aromatic nitrogens is 4. The molecule has 0 radical (unpaired) electrons. The first-order chi connectivity index (χ1) is 15.9. The molecule has 0 bridgehead atoms. The zero-order chi connectivity index (χ0) is 24.3. The Kier molecular flexibility index (Phi) is 5.30. The first kappa shape index (κ1) is 22.9. The monoisotopic (exact) mass is 492 g/mol. The molecule has 12 heteroatoms. The second kappa shape index (κ2) is 7.85. The maximum absolute atomic E-state index is 13.7. The van der Waals surface area contributed by atoms with Crippen LogP contribution >= 0.6 is 0 Å². The Morgan fingerprint density at radius 1 is 1.15 bits per heavy atom. The lowest BCUT2D eigenvalue weighted by Gasteiger charge is -2.41. The topological polar surface area (TPSA) is 118 Å². The number of hydrogen-bond acceptors (Lipinski definition) is 7. The first-order valence-corrected chi connectivity index (χ1v) is 12.6. The third-order valence-electron chi connectivity index (χ3n) is 6.48. The molecule has 8 nitrogen and oxygen atoms in total. The quantitative estimate of drug-likeness (QED) is 0.543. The number of H-pyrrole nitrogens is 1. The highest BCUT2D eigenvalue weighted by Crippen LogP contribution is 2.43. The van der Waals surface area contributed by atoms with E-state index in [1.807, 2.05) is 12.1 Å². The summed E-state index contributed by atoms with van der Waals surface area (Å²) in [5, 5.41) is 13.2. The van der Waals surface area contributed by atoms with Gasteiger partial charge in [0.05, 0.1) is 16.0 Å². The highest BCUT2D eigenvalue weighted by Gasteiger charge is 2.43. The van der Waals surface area contributed by atoms with E-state index in [1.165, 1.54) is 6.07 Å². The second-order valence-corrected chi connectivity index (χ2v) is 11.2. The van der Waals surface area contributed by atoms with Gasteiger partial charge < -0.3 is 10.6 Å². The molecule has 0 atom stereocenters. The minimum absolute atomic E-state index is 0.0275. The molecule has 2 aromatic carbocycles. The number of likely N-dealkylation sites (tertiary alicyclic amines) is 1. The van der Waals surface area contributed by atoms with Gasteiger partial charge in [-0.3, -0.25) is 0 Å². The van der Waals surface area contributed by atoms with E-state index in [0.29, 0.717) is 11.5 Å². The molecular formula is C22H23F3N6O2S. The number of nitrogens with one attached hydrogen (secondary N) is 1. The fourth-order valence-electron chi connectivity index (χ4n) is 4.53. The summed E-state index contributed by atoms with van der Waals surface area (Å²) in [5.41, 5.74) is 6.60. The molecule has 1 aliphatic carbocycles. The molecular weight excluding hydrogens is 469 g/mol. The fraction of sp³-hybridized carbons (Fsp3) is 0.409. The Labute approximate surface area is 194 Å². The number of halogens is 3. The van der Waals surface area contributed by atoms with Crippen molar-refractivity contribution in [3.63, 3.8) is 0 Å². The van der Waals surface area contributed by atoms with Gasteiger partial charge >= 0.3 is 6.18 Å². The van der Waals surface area contributed by atoms with Crippen molar-refractivity contribution in [3.8, 4) is 22.5 Å². The highest BCUT2D eigenvalue weighted by atomic mass is 32.2. The maximum atomic E-state index is 13.7. The molecule has 2 heterocycles. The van der Waals surface area contributed by atoms with Crippen molar-refractivity contribution in [2.45, 2.75) is 35.4 Å². The smallest absolute Gasteiger partial charge is 0.324 e. The molecule has 2 aliphatic rings. The van der Waals surface area contributed by atoms with Gasteiger partial charge in [-0.2, -0.15) is 18.4 Å². The summed E-state index contributed by atoms with van der Waals surface area (Å²) in [5.74, 6) is 0.128. The zero-order valence-electron chi connectivity index (χ0n) is 18.3. The molecule has 3 N–H and O–H groups in total. The van der Waals surface area contributed by atoms with E-state index in [1.54, 1.807) is 12.1 Å². The second-order valence-electron chi connectivity index (χ2n) is 9.25. The molecule has 5 rings (SSSR count). The van der Waals surface area contributed by atoms with Crippen LogP contribution in [0.1, 0.15) is 29.9 Å². The number of benzene rings is 2. The maximum Gasteiger partial charge on any atom is 0.417 e. The molecule has 1 aromatic heterocycles. The van der Waals surface area contributed by atoms with Crippen LogP contribution in [0.4, 0.5) is 13.2 Å². The van der Waals surface area contributed by atoms with Gasteiger partial charge in [-0.05, 0) is 40.8 Å². The minimum atomic E-state index is -4.88. The number of hydrogen-bond donors (Lipinski definition) is 2. The van der Waals surface area contributed by atoms with E-state index in [9.17, 15) is 21.6 Å². The van der Waals surface area contributed by atoms with Gasteiger partial charge in [-0.25, -0.2) is 8.42 Å². The van der Waals surface area contributed by atoms with Crippen molar-refractivity contribution in [3.05, 3.63) is 47.5 Å². The predicted octanol–water partition coefficient (Wildman–Crippen LogP) is 2.85. The summed E-state index contributed by atoms with van der Waals surface area (Å²) in [7, 11) is -4.29. The van der Waals surface area contributed by atoms with Gasteiger partial charge in [0, 0.05) is 37.3 Å². The number of sulfone groups is 1. The van der Waals surface area contributed by atoms with Crippen molar-refractivity contribution in [1.29, 1.82) is 0 Å². The van der Waals surface area contributed by atoms with E-state index in [2.05, 4.69) is 25.5 Å². The van der Waals surface area contributed by atoms with Gasteiger partial charge in [0.25, 0.3) is 0 Å². The molecule has 34 heavy (non-hydrogen) atoms. The highest BCUT2D eigenvalue weighted by molar-refractivity contribution is 7.91. The summed E-state index contributed by atoms with van der Waals surface area (Å²) in [6.07, 6.45) is -2.01. The van der Waals surface area contributed by atoms with Crippen molar-refractivity contribution >= 4 is 9.84 Å². The lowest BCUT2D eigenvalue weighted by molar-refractivity contribution is -0.139. The summed E-state index contributed by atoms with van der Waals surface area (Å²) in [6, 6.07) is 9.44. The number of alkyl halides is 3. The van der Waals surface area contributed by atoms with E-state index in [-0.39, 0.29) is 22.5 Å². The van der Waals surface area contributed by atoms with Crippen molar-refractivity contribution in [2.75, 3.05) is 25.9 Å². The Balaban J connectivity index is 1.51. The molecule has 180 valence electrons. The largest absolute Gasteiger partial charge is 0.417 e. The van der Waals surface area contributed by atoms with Crippen LogP contribution in [-0.2, 0) is 16.0 Å². The SMILES string of the molecule is CS(=O)(=O)c1c(C(F)(F)F)ccc(-c2ccc(C3CN(CC4(N)CC4)C3)cc2)c1-c1nn[nH]n1. The van der Waals surface area contributed by atoms with Crippen LogP contribution in [0.25, 0.3) is 22.5 Å². The average molecular weight is 493 g/mol. The van der Waals surface area contributed by atoms with Crippen molar-refractivity contribution in [1.82, 2.24) is 25.5 Å². The van der Waals surface area contributed by atoms with Crippen LogP contribution in [0.2, 0.25) is 0 Å². The first-order valence-electron chi connectivity index (χ1n) is 10.7. The molecule has 2 fully saturated rings. The van der Waals surface area contributed by atoms with Crippen LogP contribution in [0.5, 0.6) is 0 Å². The Morgan fingerprint density at radius 2 is 1.82 bits per heavy atom. The van der Waals surface area contributed by atoms with Crippen LogP contribution in [0.3, 0.4) is 0 Å². The van der Waals surface area contributed by atoms with Gasteiger partial charge in [0.1, 0.15) is 0 Å². The lowest BCUT2D eigenvalue weighted by Crippen LogP contribution is -2.50. The average Bonchev–Trinajstić information content (AvgIpc) is 3.22. The summed E-state index contributed by atoms with van der Waals surface area (Å²) in [6.45, 7) is 2.71. The number of aromatic amines is 1. The summed E-state index contributed by atoms with van der Waals surface area (Å²) >= 11 is 0. The third-order valence-corrected chi connectivity index (χ3v) is 7.65. The molecule has 1 saturated carbocycles. The number of nitrogens with two attached hydrogens (primary N) is 1. The zero-order valence-corrected chi connectivity index (χ0v) is 19.1. The lowest BCUT2D eigenvalue weighted by atomic mass is 9.89. The normalized spacial score (nSPS) is 18.6. The Bertz CT molecular complexity index is 1310. The van der Waals surface area contributed by atoms with E-state index in [0.717, 1.165) is 50.4 Å². The molecule has 1 saturated heterocycles. The van der Waals surface area contributed by atoms with Crippen LogP contribution < -0.4 is 5.73 Å². The number of tetrazole rings is 1. The molecule has 3 aromatic rings. The van der Waals surface area contributed by atoms with Gasteiger partial charge in [0.2, 0.25) is 5.82 Å². The van der Waals surface area contributed by atoms with E-state index >= 15 is 0 Å². The summed E-state index contributed by atoms with van der Waals surface area (Å²) in [4.78, 5) is 1.46.